The highest BCUT2D eigenvalue weighted by molar-refractivity contribution is 6.02. The van der Waals surface area contributed by atoms with Crippen molar-refractivity contribution in [1.29, 1.82) is 0 Å². The Balaban J connectivity index is 1.84. The van der Waals surface area contributed by atoms with Crippen LogP contribution in [-0.4, -0.2) is 21.1 Å². The fourth-order valence-corrected chi connectivity index (χ4v) is 2.37. The molecule has 25 heavy (non-hydrogen) atoms. The summed E-state index contributed by atoms with van der Waals surface area (Å²) in [7, 11) is 0. The number of anilines is 1. The maximum atomic E-state index is 14.0. The molecule has 3 aromatic rings. The molecular formula is C17H13F3N4O. The molecule has 0 atom stereocenters. The number of nitrogens with zero attached hydrogens (tertiary/aromatic N) is 2. The number of carbonyl (C=O) groups is 1. The maximum absolute atomic E-state index is 14.0. The van der Waals surface area contributed by atoms with Crippen molar-refractivity contribution in [2.75, 3.05) is 5.32 Å². The van der Waals surface area contributed by atoms with Gasteiger partial charge in [-0.05, 0) is 32.1 Å². The third-order valence-electron chi connectivity index (χ3n) is 3.76. The fraction of sp³-hybridized carbons (Fsp3) is 0.118. The first kappa shape index (κ1) is 16.7. The summed E-state index contributed by atoms with van der Waals surface area (Å²) in [6, 6.07) is 2.33. The molecule has 0 spiro atoms. The zero-order valence-electron chi connectivity index (χ0n) is 13.3. The van der Waals surface area contributed by atoms with Crippen molar-refractivity contribution in [3.05, 3.63) is 58.8 Å². The second-order valence-corrected chi connectivity index (χ2v) is 5.45. The first-order valence-electron chi connectivity index (χ1n) is 7.30. The van der Waals surface area contributed by atoms with Crippen molar-refractivity contribution >= 4 is 28.6 Å². The third-order valence-corrected chi connectivity index (χ3v) is 3.76. The summed E-state index contributed by atoms with van der Waals surface area (Å²) in [5, 5.41) is 8.32. The molecule has 0 saturated heterocycles. The Morgan fingerprint density at radius 1 is 1.20 bits per heavy atom. The van der Waals surface area contributed by atoms with Crippen LogP contribution in [-0.2, 0) is 4.79 Å². The van der Waals surface area contributed by atoms with E-state index >= 15 is 0 Å². The average Bonchev–Trinajstić information content (AvgIpc) is 2.93. The molecule has 0 aliphatic heterocycles. The Morgan fingerprint density at radius 3 is 2.72 bits per heavy atom. The number of carbonyl (C=O) groups excluding carboxylic acids is 1. The van der Waals surface area contributed by atoms with Crippen LogP contribution in [0.1, 0.15) is 16.8 Å². The molecule has 8 heteroatoms. The van der Waals surface area contributed by atoms with Crippen LogP contribution in [0.3, 0.4) is 0 Å². The Kier molecular flexibility index (Phi) is 4.26. The number of pyridine rings is 1. The molecule has 2 aromatic heterocycles. The highest BCUT2D eigenvalue weighted by Crippen LogP contribution is 2.22. The zero-order valence-corrected chi connectivity index (χ0v) is 13.3. The van der Waals surface area contributed by atoms with E-state index in [9.17, 15) is 18.0 Å². The van der Waals surface area contributed by atoms with Gasteiger partial charge < -0.3 is 5.32 Å². The Bertz CT molecular complexity index is 1010. The summed E-state index contributed by atoms with van der Waals surface area (Å²) in [6.07, 6.45) is 3.41. The van der Waals surface area contributed by atoms with Crippen LogP contribution < -0.4 is 5.32 Å². The smallest absolute Gasteiger partial charge is 0.248 e. The zero-order chi connectivity index (χ0) is 18.1. The number of amides is 1. The number of hydrogen-bond acceptors (Lipinski definition) is 3. The molecule has 0 fully saturated rings. The van der Waals surface area contributed by atoms with E-state index in [0.29, 0.717) is 11.2 Å². The molecular weight excluding hydrogens is 333 g/mol. The van der Waals surface area contributed by atoms with Crippen molar-refractivity contribution in [3.8, 4) is 0 Å². The number of rotatable bonds is 3. The molecule has 0 radical (unpaired) electrons. The molecule has 0 bridgehead atoms. The minimum Gasteiger partial charge on any atom is -0.321 e. The quantitative estimate of drug-likeness (QED) is 0.711. The molecule has 2 heterocycles. The number of aryl methyl sites for hydroxylation is 1. The topological polar surface area (TPSA) is 70.7 Å². The van der Waals surface area contributed by atoms with Crippen LogP contribution in [0, 0.1) is 31.4 Å². The van der Waals surface area contributed by atoms with Crippen molar-refractivity contribution in [1.82, 2.24) is 15.2 Å². The number of fused-ring (bicyclic) bond motifs is 1. The highest BCUT2D eigenvalue weighted by Gasteiger charge is 2.12. The van der Waals surface area contributed by atoms with Crippen molar-refractivity contribution < 1.29 is 18.0 Å². The van der Waals surface area contributed by atoms with Crippen LogP contribution >= 0.6 is 0 Å². The highest BCUT2D eigenvalue weighted by atomic mass is 19.1. The van der Waals surface area contributed by atoms with E-state index in [1.807, 2.05) is 0 Å². The SMILES string of the molecule is Cc1ncc(F)c(C)c1NC(=O)/C=C/c1cc2[nH]nc(F)c2cc1F. The van der Waals surface area contributed by atoms with Gasteiger partial charge in [-0.3, -0.25) is 14.9 Å². The van der Waals surface area contributed by atoms with Crippen LogP contribution in [0.2, 0.25) is 0 Å². The summed E-state index contributed by atoms with van der Waals surface area (Å²) in [5.41, 5.74) is 1.37. The van der Waals surface area contributed by atoms with E-state index in [2.05, 4.69) is 20.5 Å². The number of H-pyrrole nitrogens is 1. The predicted octanol–water partition coefficient (Wildman–Crippen LogP) is 3.64. The van der Waals surface area contributed by atoms with Gasteiger partial charge in [0.05, 0.1) is 28.5 Å². The van der Waals surface area contributed by atoms with Gasteiger partial charge in [0.15, 0.2) is 0 Å². The molecule has 0 aliphatic carbocycles. The first-order chi connectivity index (χ1) is 11.9. The molecule has 128 valence electrons. The molecule has 2 N–H and O–H groups in total. The summed E-state index contributed by atoms with van der Waals surface area (Å²) < 4.78 is 40.8. The van der Waals surface area contributed by atoms with Crippen molar-refractivity contribution in [2.24, 2.45) is 0 Å². The fourth-order valence-electron chi connectivity index (χ4n) is 2.37. The van der Waals surface area contributed by atoms with Gasteiger partial charge in [-0.25, -0.2) is 8.78 Å². The number of aromatic nitrogens is 3. The molecule has 0 saturated carbocycles. The van der Waals surface area contributed by atoms with Gasteiger partial charge in [-0.15, -0.1) is 5.10 Å². The summed E-state index contributed by atoms with van der Waals surface area (Å²) in [4.78, 5) is 15.9. The van der Waals surface area contributed by atoms with Crippen LogP contribution in [0.4, 0.5) is 18.9 Å². The summed E-state index contributed by atoms with van der Waals surface area (Å²) >= 11 is 0. The van der Waals surface area contributed by atoms with Gasteiger partial charge in [-0.1, -0.05) is 0 Å². The van der Waals surface area contributed by atoms with Crippen molar-refractivity contribution in [3.63, 3.8) is 0 Å². The number of hydrogen-bond donors (Lipinski definition) is 2. The molecule has 1 amide bonds. The second-order valence-electron chi connectivity index (χ2n) is 5.45. The number of benzene rings is 1. The monoisotopic (exact) mass is 346 g/mol. The average molecular weight is 346 g/mol. The third kappa shape index (κ3) is 3.23. The molecule has 3 rings (SSSR count). The molecule has 1 aromatic carbocycles. The minimum absolute atomic E-state index is 0.0242. The lowest BCUT2D eigenvalue weighted by Gasteiger charge is -2.09. The van der Waals surface area contributed by atoms with Gasteiger partial charge in [0.1, 0.15) is 11.6 Å². The summed E-state index contributed by atoms with van der Waals surface area (Å²) in [5.74, 6) is -2.61. The Morgan fingerprint density at radius 2 is 1.96 bits per heavy atom. The van der Waals surface area contributed by atoms with E-state index in [4.69, 9.17) is 0 Å². The van der Waals surface area contributed by atoms with E-state index in [1.165, 1.54) is 19.1 Å². The lowest BCUT2D eigenvalue weighted by atomic mass is 10.1. The number of nitrogens with one attached hydrogen (secondary N) is 2. The van der Waals surface area contributed by atoms with Gasteiger partial charge in [0.25, 0.3) is 0 Å². The molecule has 5 nitrogen and oxygen atoms in total. The first-order valence-corrected chi connectivity index (χ1v) is 7.30. The van der Waals surface area contributed by atoms with Crippen LogP contribution in [0.5, 0.6) is 0 Å². The van der Waals surface area contributed by atoms with Crippen molar-refractivity contribution in [2.45, 2.75) is 13.8 Å². The minimum atomic E-state index is -0.799. The van der Waals surface area contributed by atoms with Crippen LogP contribution in [0.25, 0.3) is 17.0 Å². The predicted molar refractivity (Wildman–Crippen MR) is 87.3 cm³/mol. The lowest BCUT2D eigenvalue weighted by molar-refractivity contribution is -0.111. The standard InChI is InChI=1S/C17H13F3N4O/c1-8-13(19)7-21-9(2)16(8)22-15(25)4-3-10-5-14-11(6-12(10)18)17(20)24-23-14/h3-7H,1-2H3,(H,22,25)(H,23,24)/b4-3+. The summed E-state index contributed by atoms with van der Waals surface area (Å²) in [6.45, 7) is 3.15. The van der Waals surface area contributed by atoms with Gasteiger partial charge in [0, 0.05) is 17.2 Å². The van der Waals surface area contributed by atoms with E-state index in [1.54, 1.807) is 6.92 Å². The Labute approximate surface area is 140 Å². The number of halogens is 3. The molecule has 0 unspecified atom stereocenters. The maximum Gasteiger partial charge on any atom is 0.248 e. The van der Waals surface area contributed by atoms with Gasteiger partial charge in [-0.2, -0.15) is 4.39 Å². The van der Waals surface area contributed by atoms with E-state index < -0.39 is 23.5 Å². The van der Waals surface area contributed by atoms with Gasteiger partial charge in [0.2, 0.25) is 11.9 Å². The van der Waals surface area contributed by atoms with Crippen LogP contribution in [0.15, 0.2) is 24.4 Å². The van der Waals surface area contributed by atoms with E-state index in [-0.39, 0.29) is 22.2 Å². The van der Waals surface area contributed by atoms with E-state index in [0.717, 1.165) is 18.3 Å². The second kappa shape index (κ2) is 6.39. The number of aromatic amines is 1. The largest absolute Gasteiger partial charge is 0.321 e. The van der Waals surface area contributed by atoms with Gasteiger partial charge >= 0.3 is 0 Å². The lowest BCUT2D eigenvalue weighted by Crippen LogP contribution is -2.12. The molecule has 0 aliphatic rings. The Hall–Kier alpha value is -3.16. The normalized spacial score (nSPS) is 11.4.